The second-order valence-electron chi connectivity index (χ2n) is 5.09. The molecule has 2 fully saturated rings. The van der Waals surface area contributed by atoms with Crippen molar-refractivity contribution < 1.29 is 4.79 Å². The molecule has 0 unspecified atom stereocenters. The molecular weight excluding hydrogens is 188 g/mol. The molecule has 3 heteroatoms. The van der Waals surface area contributed by atoms with E-state index in [0.717, 1.165) is 31.6 Å². The normalized spacial score (nSPS) is 27.1. The Kier molecular flexibility index (Phi) is 3.76. The Balaban J connectivity index is 1.70. The number of ketones is 1. The SMILES string of the molecule is CN1CCN(CC2CCC(=O)CC2)CC1. The van der Waals surface area contributed by atoms with E-state index in [1.54, 1.807) is 0 Å². The van der Waals surface area contributed by atoms with Gasteiger partial charge in [-0.15, -0.1) is 0 Å². The average molecular weight is 210 g/mol. The molecule has 0 bridgehead atoms. The van der Waals surface area contributed by atoms with Crippen LogP contribution in [0.1, 0.15) is 25.7 Å². The van der Waals surface area contributed by atoms with Gasteiger partial charge in [-0.25, -0.2) is 0 Å². The molecule has 0 amide bonds. The van der Waals surface area contributed by atoms with Crippen molar-refractivity contribution in [1.29, 1.82) is 0 Å². The molecule has 1 heterocycles. The summed E-state index contributed by atoms with van der Waals surface area (Å²) in [5.74, 6) is 1.26. The average Bonchev–Trinajstić information content (AvgIpc) is 2.25. The molecule has 1 saturated heterocycles. The summed E-state index contributed by atoms with van der Waals surface area (Å²) in [6, 6.07) is 0. The van der Waals surface area contributed by atoms with E-state index in [9.17, 15) is 4.79 Å². The molecule has 0 radical (unpaired) electrons. The van der Waals surface area contributed by atoms with Crippen molar-refractivity contribution in [2.45, 2.75) is 25.7 Å². The quantitative estimate of drug-likeness (QED) is 0.679. The van der Waals surface area contributed by atoms with Crippen LogP contribution in [0.2, 0.25) is 0 Å². The van der Waals surface area contributed by atoms with Crippen LogP contribution >= 0.6 is 0 Å². The van der Waals surface area contributed by atoms with E-state index in [1.165, 1.54) is 32.7 Å². The Labute approximate surface area is 92.4 Å². The monoisotopic (exact) mass is 210 g/mol. The van der Waals surface area contributed by atoms with Gasteiger partial charge in [-0.2, -0.15) is 0 Å². The van der Waals surface area contributed by atoms with Crippen LogP contribution in [0.25, 0.3) is 0 Å². The molecule has 86 valence electrons. The number of hydrogen-bond donors (Lipinski definition) is 0. The van der Waals surface area contributed by atoms with Crippen molar-refractivity contribution in [3.63, 3.8) is 0 Å². The molecule has 3 nitrogen and oxygen atoms in total. The first-order valence-corrected chi connectivity index (χ1v) is 6.16. The van der Waals surface area contributed by atoms with E-state index in [4.69, 9.17) is 0 Å². The molecule has 2 aliphatic rings. The lowest BCUT2D eigenvalue weighted by Gasteiger charge is -2.35. The third-order valence-electron chi connectivity index (χ3n) is 3.78. The molecule has 0 atom stereocenters. The standard InChI is InChI=1S/C12H22N2O/c1-13-6-8-14(9-7-13)10-11-2-4-12(15)5-3-11/h11H,2-10H2,1H3. The summed E-state index contributed by atoms with van der Waals surface area (Å²) in [5.41, 5.74) is 0. The van der Waals surface area contributed by atoms with Crippen LogP contribution in [-0.2, 0) is 4.79 Å². The van der Waals surface area contributed by atoms with Crippen LogP contribution in [0.15, 0.2) is 0 Å². The molecule has 1 aliphatic carbocycles. The Bertz CT molecular complexity index is 212. The number of likely N-dealkylation sites (N-methyl/N-ethyl adjacent to an activating group) is 1. The maximum atomic E-state index is 11.1. The van der Waals surface area contributed by atoms with Crippen molar-refractivity contribution in [2.75, 3.05) is 39.8 Å². The highest BCUT2D eigenvalue weighted by molar-refractivity contribution is 5.79. The summed E-state index contributed by atoms with van der Waals surface area (Å²) in [6.45, 7) is 6.04. The van der Waals surface area contributed by atoms with Crippen LogP contribution in [-0.4, -0.2) is 55.4 Å². The first-order valence-electron chi connectivity index (χ1n) is 6.16. The van der Waals surface area contributed by atoms with E-state index in [-0.39, 0.29) is 0 Å². The van der Waals surface area contributed by atoms with Crippen molar-refractivity contribution in [1.82, 2.24) is 9.80 Å². The van der Waals surface area contributed by atoms with E-state index in [1.807, 2.05) is 0 Å². The van der Waals surface area contributed by atoms with Gasteiger partial charge >= 0.3 is 0 Å². The predicted octanol–water partition coefficient (Wildman–Crippen LogP) is 0.993. The molecule has 0 aromatic rings. The molecule has 2 rings (SSSR count). The highest BCUT2D eigenvalue weighted by Crippen LogP contribution is 2.22. The zero-order valence-corrected chi connectivity index (χ0v) is 9.74. The lowest BCUT2D eigenvalue weighted by atomic mass is 9.88. The molecule has 1 saturated carbocycles. The third-order valence-corrected chi connectivity index (χ3v) is 3.78. The largest absolute Gasteiger partial charge is 0.304 e. The molecule has 15 heavy (non-hydrogen) atoms. The van der Waals surface area contributed by atoms with E-state index in [2.05, 4.69) is 16.8 Å². The smallest absolute Gasteiger partial charge is 0.132 e. The van der Waals surface area contributed by atoms with Gasteiger partial charge in [-0.3, -0.25) is 4.79 Å². The van der Waals surface area contributed by atoms with Gasteiger partial charge in [0.15, 0.2) is 0 Å². The van der Waals surface area contributed by atoms with Gasteiger partial charge in [0.1, 0.15) is 5.78 Å². The number of carbonyl (C=O) groups excluding carboxylic acids is 1. The number of Topliss-reactive ketones (excluding diaryl/α,β-unsaturated/α-hetero) is 1. The van der Waals surface area contributed by atoms with Crippen LogP contribution in [0.4, 0.5) is 0 Å². The number of nitrogens with zero attached hydrogens (tertiary/aromatic N) is 2. The van der Waals surface area contributed by atoms with Gasteiger partial charge in [0, 0.05) is 45.6 Å². The molecule has 0 spiro atoms. The Morgan fingerprint density at radius 2 is 1.73 bits per heavy atom. The third kappa shape index (κ3) is 3.28. The number of piperazine rings is 1. The minimum absolute atomic E-state index is 0.477. The number of rotatable bonds is 2. The van der Waals surface area contributed by atoms with Crippen LogP contribution in [0.5, 0.6) is 0 Å². The first kappa shape index (κ1) is 11.1. The summed E-state index contributed by atoms with van der Waals surface area (Å²) in [5, 5.41) is 0. The van der Waals surface area contributed by atoms with Gasteiger partial charge in [0.05, 0.1) is 0 Å². The molecule has 1 aliphatic heterocycles. The maximum Gasteiger partial charge on any atom is 0.132 e. The molecule has 0 aromatic carbocycles. The van der Waals surface area contributed by atoms with Crippen molar-refractivity contribution >= 4 is 5.78 Å². The van der Waals surface area contributed by atoms with Crippen LogP contribution in [0, 0.1) is 5.92 Å². The lowest BCUT2D eigenvalue weighted by Crippen LogP contribution is -2.46. The van der Waals surface area contributed by atoms with Crippen LogP contribution < -0.4 is 0 Å². The summed E-state index contributed by atoms with van der Waals surface area (Å²) in [6.07, 6.45) is 3.92. The Morgan fingerprint density at radius 3 is 2.33 bits per heavy atom. The Morgan fingerprint density at radius 1 is 1.13 bits per heavy atom. The first-order chi connectivity index (χ1) is 7.24. The lowest BCUT2D eigenvalue weighted by molar-refractivity contribution is -0.121. The highest BCUT2D eigenvalue weighted by atomic mass is 16.1. The van der Waals surface area contributed by atoms with E-state index in [0.29, 0.717) is 5.78 Å². The fraction of sp³-hybridized carbons (Fsp3) is 0.917. The summed E-state index contributed by atoms with van der Waals surface area (Å²) in [4.78, 5) is 16.1. The van der Waals surface area contributed by atoms with E-state index < -0.39 is 0 Å². The van der Waals surface area contributed by atoms with Gasteiger partial charge in [-0.05, 0) is 25.8 Å². The molecular formula is C12H22N2O. The van der Waals surface area contributed by atoms with Gasteiger partial charge < -0.3 is 9.80 Å². The second kappa shape index (κ2) is 5.08. The number of carbonyl (C=O) groups is 1. The second-order valence-corrected chi connectivity index (χ2v) is 5.09. The van der Waals surface area contributed by atoms with Crippen molar-refractivity contribution in [3.05, 3.63) is 0 Å². The minimum Gasteiger partial charge on any atom is -0.304 e. The zero-order valence-electron chi connectivity index (χ0n) is 9.74. The predicted molar refractivity (Wildman–Crippen MR) is 60.9 cm³/mol. The topological polar surface area (TPSA) is 23.6 Å². The zero-order chi connectivity index (χ0) is 10.7. The van der Waals surface area contributed by atoms with Gasteiger partial charge in [0.25, 0.3) is 0 Å². The molecule has 0 N–H and O–H groups in total. The van der Waals surface area contributed by atoms with Crippen molar-refractivity contribution in [3.8, 4) is 0 Å². The van der Waals surface area contributed by atoms with Crippen molar-refractivity contribution in [2.24, 2.45) is 5.92 Å². The highest BCUT2D eigenvalue weighted by Gasteiger charge is 2.22. The van der Waals surface area contributed by atoms with Gasteiger partial charge in [0.2, 0.25) is 0 Å². The van der Waals surface area contributed by atoms with Crippen LogP contribution in [0.3, 0.4) is 0 Å². The fourth-order valence-corrected chi connectivity index (χ4v) is 2.58. The molecule has 0 aromatic heterocycles. The number of hydrogen-bond acceptors (Lipinski definition) is 3. The van der Waals surface area contributed by atoms with E-state index >= 15 is 0 Å². The summed E-state index contributed by atoms with van der Waals surface area (Å²) < 4.78 is 0. The Hall–Kier alpha value is -0.410. The fourth-order valence-electron chi connectivity index (χ4n) is 2.58. The maximum absolute atomic E-state index is 11.1. The summed E-state index contributed by atoms with van der Waals surface area (Å²) in [7, 11) is 2.19. The minimum atomic E-state index is 0.477. The van der Waals surface area contributed by atoms with Gasteiger partial charge in [-0.1, -0.05) is 0 Å². The summed E-state index contributed by atoms with van der Waals surface area (Å²) >= 11 is 0.